The van der Waals surface area contributed by atoms with Gasteiger partial charge in [0.1, 0.15) is 0 Å². The van der Waals surface area contributed by atoms with E-state index in [2.05, 4.69) is 10.2 Å². The van der Waals surface area contributed by atoms with Gasteiger partial charge in [0.05, 0.1) is 11.7 Å². The van der Waals surface area contributed by atoms with Crippen LogP contribution >= 0.6 is 0 Å². The number of H-pyrrole nitrogens is 1. The lowest BCUT2D eigenvalue weighted by molar-refractivity contribution is 0.0701. The van der Waals surface area contributed by atoms with Crippen molar-refractivity contribution in [3.05, 3.63) is 18.0 Å². The van der Waals surface area contributed by atoms with Crippen molar-refractivity contribution in [1.82, 2.24) is 10.2 Å². The lowest BCUT2D eigenvalue weighted by Gasteiger charge is -2.27. The zero-order valence-electron chi connectivity index (χ0n) is 10.2. The standard InChI is InChI=1S/C10H20N2O3Si/c1-4-13-16(14-5-2,15-6-3)9-10-7-8-11-12-10/h7-8H,4-6,9H2,1-3H3,(H,11,12). The molecule has 6 heteroatoms. The van der Waals surface area contributed by atoms with Gasteiger partial charge in [0.15, 0.2) is 0 Å². The van der Waals surface area contributed by atoms with Crippen LogP contribution in [-0.4, -0.2) is 38.8 Å². The van der Waals surface area contributed by atoms with Gasteiger partial charge in [0, 0.05) is 26.0 Å². The lowest BCUT2D eigenvalue weighted by Crippen LogP contribution is -2.48. The Balaban J connectivity index is 2.73. The smallest absolute Gasteiger partial charge is 0.374 e. The molecule has 1 N–H and O–H groups in total. The molecule has 0 fully saturated rings. The monoisotopic (exact) mass is 244 g/mol. The molecule has 0 bridgehead atoms. The summed E-state index contributed by atoms with van der Waals surface area (Å²) in [6.07, 6.45) is 1.79. The first-order valence-corrected chi connectivity index (χ1v) is 7.60. The van der Waals surface area contributed by atoms with Crippen LogP contribution in [-0.2, 0) is 19.3 Å². The molecule has 0 radical (unpaired) electrons. The van der Waals surface area contributed by atoms with E-state index in [0.717, 1.165) is 5.69 Å². The van der Waals surface area contributed by atoms with Crippen LogP contribution in [0.2, 0.25) is 0 Å². The quantitative estimate of drug-likeness (QED) is 0.705. The van der Waals surface area contributed by atoms with E-state index in [-0.39, 0.29) is 0 Å². The van der Waals surface area contributed by atoms with Gasteiger partial charge in [0.2, 0.25) is 0 Å². The average molecular weight is 244 g/mol. The molecule has 1 heterocycles. The van der Waals surface area contributed by atoms with Crippen molar-refractivity contribution in [2.24, 2.45) is 0 Å². The summed E-state index contributed by atoms with van der Waals surface area (Å²) in [4.78, 5) is 0. The van der Waals surface area contributed by atoms with Gasteiger partial charge in [-0.2, -0.15) is 5.10 Å². The molecule has 16 heavy (non-hydrogen) atoms. The summed E-state index contributed by atoms with van der Waals surface area (Å²) in [6.45, 7) is 7.63. The molecule has 0 aliphatic heterocycles. The summed E-state index contributed by atoms with van der Waals surface area (Å²) in [7, 11) is -2.58. The van der Waals surface area contributed by atoms with Gasteiger partial charge in [-0.15, -0.1) is 0 Å². The molecule has 1 rings (SSSR count). The summed E-state index contributed by atoms with van der Waals surface area (Å²) in [5, 5.41) is 6.90. The minimum atomic E-state index is -2.58. The molecule has 1 aromatic heterocycles. The van der Waals surface area contributed by atoms with Crippen LogP contribution in [0.4, 0.5) is 0 Å². The van der Waals surface area contributed by atoms with E-state index in [9.17, 15) is 0 Å². The van der Waals surface area contributed by atoms with Crippen molar-refractivity contribution in [2.75, 3.05) is 19.8 Å². The van der Waals surface area contributed by atoms with E-state index in [4.69, 9.17) is 13.3 Å². The highest BCUT2D eigenvalue weighted by molar-refractivity contribution is 6.60. The topological polar surface area (TPSA) is 56.4 Å². The predicted molar refractivity (Wildman–Crippen MR) is 62.9 cm³/mol. The van der Waals surface area contributed by atoms with Crippen LogP contribution in [0.3, 0.4) is 0 Å². The lowest BCUT2D eigenvalue weighted by atomic mass is 10.5. The second-order valence-corrected chi connectivity index (χ2v) is 5.81. The number of hydrogen-bond donors (Lipinski definition) is 1. The van der Waals surface area contributed by atoms with E-state index in [1.165, 1.54) is 0 Å². The maximum atomic E-state index is 5.72. The van der Waals surface area contributed by atoms with Crippen LogP contribution in [0, 0.1) is 0 Å². The van der Waals surface area contributed by atoms with Crippen LogP contribution in [0.5, 0.6) is 0 Å². The first-order chi connectivity index (χ1) is 7.76. The minimum absolute atomic E-state index is 0.594. The van der Waals surface area contributed by atoms with Gasteiger partial charge >= 0.3 is 8.80 Å². The number of aromatic nitrogens is 2. The zero-order valence-corrected chi connectivity index (χ0v) is 11.2. The molecule has 5 nitrogen and oxygen atoms in total. The van der Waals surface area contributed by atoms with Crippen molar-refractivity contribution in [3.8, 4) is 0 Å². The van der Waals surface area contributed by atoms with Crippen molar-refractivity contribution in [2.45, 2.75) is 26.8 Å². The first kappa shape index (κ1) is 13.4. The van der Waals surface area contributed by atoms with Crippen molar-refractivity contribution >= 4 is 8.80 Å². The number of nitrogens with one attached hydrogen (secondary N) is 1. The Hall–Kier alpha value is -0.693. The Labute approximate surface area is 97.5 Å². The molecule has 0 spiro atoms. The minimum Gasteiger partial charge on any atom is -0.374 e. The molecule has 0 amide bonds. The molecule has 0 aliphatic carbocycles. The number of rotatable bonds is 8. The number of hydrogen-bond acceptors (Lipinski definition) is 4. The largest absolute Gasteiger partial charge is 0.507 e. The van der Waals surface area contributed by atoms with Gasteiger partial charge < -0.3 is 13.3 Å². The van der Waals surface area contributed by atoms with E-state index in [1.807, 2.05) is 26.8 Å². The van der Waals surface area contributed by atoms with E-state index < -0.39 is 8.80 Å². The molecule has 0 atom stereocenters. The van der Waals surface area contributed by atoms with E-state index in [1.54, 1.807) is 6.20 Å². The average Bonchev–Trinajstić information content (AvgIpc) is 2.71. The summed E-state index contributed by atoms with van der Waals surface area (Å²) in [5.41, 5.74) is 0.919. The highest BCUT2D eigenvalue weighted by atomic mass is 28.4. The molecule has 92 valence electrons. The summed E-state index contributed by atoms with van der Waals surface area (Å²) in [5.74, 6) is 0. The van der Waals surface area contributed by atoms with E-state index in [0.29, 0.717) is 25.9 Å². The van der Waals surface area contributed by atoms with Crippen LogP contribution in [0.15, 0.2) is 12.3 Å². The molecule has 1 aromatic rings. The van der Waals surface area contributed by atoms with Crippen molar-refractivity contribution in [1.29, 1.82) is 0 Å². The third kappa shape index (κ3) is 3.71. The van der Waals surface area contributed by atoms with Gasteiger partial charge in [-0.1, -0.05) is 0 Å². The Morgan fingerprint density at radius 3 is 2.06 bits per heavy atom. The Morgan fingerprint density at radius 1 is 1.12 bits per heavy atom. The predicted octanol–water partition coefficient (Wildman–Crippen LogP) is 1.54. The summed E-state index contributed by atoms with van der Waals surface area (Å²) >= 11 is 0. The second-order valence-electron chi connectivity index (χ2n) is 3.22. The maximum Gasteiger partial charge on any atom is 0.507 e. The van der Waals surface area contributed by atoms with Gasteiger partial charge in [-0.25, -0.2) is 0 Å². The third-order valence-electron chi connectivity index (χ3n) is 2.05. The zero-order chi connectivity index (χ0) is 11.9. The second kappa shape index (κ2) is 6.80. The Bertz CT molecular complexity index is 263. The maximum absolute atomic E-state index is 5.72. The normalized spacial score (nSPS) is 11.9. The van der Waals surface area contributed by atoms with Gasteiger partial charge in [0.25, 0.3) is 0 Å². The fourth-order valence-electron chi connectivity index (χ4n) is 1.55. The fourth-order valence-corrected chi connectivity index (χ4v) is 4.07. The Kier molecular flexibility index (Phi) is 5.68. The van der Waals surface area contributed by atoms with Crippen LogP contribution in [0.1, 0.15) is 26.5 Å². The van der Waals surface area contributed by atoms with Crippen LogP contribution in [0.25, 0.3) is 0 Å². The molecule has 0 saturated heterocycles. The van der Waals surface area contributed by atoms with Gasteiger partial charge in [-0.3, -0.25) is 5.10 Å². The first-order valence-electron chi connectivity index (χ1n) is 5.66. The SMILES string of the molecule is CCO[Si](Cc1cc[nH]n1)(OCC)OCC. The molecule has 0 aromatic carbocycles. The highest BCUT2D eigenvalue weighted by Crippen LogP contribution is 2.15. The molecular weight excluding hydrogens is 224 g/mol. The summed E-state index contributed by atoms with van der Waals surface area (Å²) < 4.78 is 17.2. The highest BCUT2D eigenvalue weighted by Gasteiger charge is 2.41. The van der Waals surface area contributed by atoms with Gasteiger partial charge in [-0.05, 0) is 26.8 Å². The number of nitrogens with zero attached hydrogens (tertiary/aromatic N) is 1. The molecule has 0 aliphatic rings. The van der Waals surface area contributed by atoms with Crippen molar-refractivity contribution in [3.63, 3.8) is 0 Å². The Morgan fingerprint density at radius 2 is 1.69 bits per heavy atom. The fraction of sp³-hybridized carbons (Fsp3) is 0.700. The third-order valence-corrected chi connectivity index (χ3v) is 5.03. The molecule has 0 unspecified atom stereocenters. The van der Waals surface area contributed by atoms with Crippen LogP contribution < -0.4 is 0 Å². The summed E-state index contributed by atoms with van der Waals surface area (Å²) in [6, 6.07) is 2.53. The molecule has 0 saturated carbocycles. The van der Waals surface area contributed by atoms with Crippen molar-refractivity contribution < 1.29 is 13.3 Å². The molecular formula is C10H20N2O3Si. The van der Waals surface area contributed by atoms with E-state index >= 15 is 0 Å². The number of aromatic amines is 1.